The van der Waals surface area contributed by atoms with Crippen LogP contribution in [0.5, 0.6) is 5.75 Å². The van der Waals surface area contributed by atoms with E-state index in [0.717, 1.165) is 28.0 Å². The molecule has 1 unspecified atom stereocenters. The van der Waals surface area contributed by atoms with Crippen LogP contribution in [0.1, 0.15) is 63.8 Å². The first-order chi connectivity index (χ1) is 13.8. The molecule has 0 amide bonds. The minimum atomic E-state index is -3.78. The van der Waals surface area contributed by atoms with Gasteiger partial charge in [-0.05, 0) is 59.1 Å². The monoisotopic (exact) mass is 431 g/mol. The summed E-state index contributed by atoms with van der Waals surface area (Å²) in [4.78, 5) is 0.353. The Balaban J connectivity index is 2.05. The maximum absolute atomic E-state index is 13.9. The lowest BCUT2D eigenvalue weighted by Crippen LogP contribution is -2.44. The molecule has 2 aliphatic rings. The summed E-state index contributed by atoms with van der Waals surface area (Å²) in [7, 11) is -2.12. The summed E-state index contributed by atoms with van der Waals surface area (Å²) >= 11 is 0. The van der Waals surface area contributed by atoms with E-state index in [2.05, 4.69) is 41.5 Å². The number of nitrogens with zero attached hydrogens (tertiary/aromatic N) is 1. The molecule has 1 atom stereocenters. The molecule has 30 heavy (non-hydrogen) atoms. The van der Waals surface area contributed by atoms with Gasteiger partial charge in [0.1, 0.15) is 11.6 Å². The Kier molecular flexibility index (Phi) is 4.56. The molecular weight excluding hydrogens is 401 g/mol. The van der Waals surface area contributed by atoms with Gasteiger partial charge < -0.3 is 4.74 Å². The van der Waals surface area contributed by atoms with Crippen molar-refractivity contribution in [1.82, 2.24) is 0 Å². The van der Waals surface area contributed by atoms with E-state index in [9.17, 15) is 12.8 Å². The number of hydrogen-bond acceptors (Lipinski definition) is 3. The molecule has 162 valence electrons. The molecule has 2 aromatic carbocycles. The molecule has 0 N–H and O–H groups in total. The van der Waals surface area contributed by atoms with E-state index in [1.807, 2.05) is 0 Å². The Morgan fingerprint density at radius 3 is 2.27 bits per heavy atom. The fourth-order valence-electron chi connectivity index (χ4n) is 4.96. The van der Waals surface area contributed by atoms with Crippen LogP contribution in [0.3, 0.4) is 0 Å². The lowest BCUT2D eigenvalue weighted by Gasteiger charge is -2.38. The van der Waals surface area contributed by atoms with Crippen molar-refractivity contribution in [2.45, 2.75) is 76.2 Å². The predicted octanol–water partition coefficient (Wildman–Crippen LogP) is 5.11. The number of methoxy groups -OCH3 is 1. The highest BCUT2D eigenvalue weighted by Crippen LogP contribution is 2.50. The van der Waals surface area contributed by atoms with Crippen LogP contribution in [0.15, 0.2) is 29.2 Å². The quantitative estimate of drug-likeness (QED) is 0.631. The number of hydrogen-bond donors (Lipinski definition) is 0. The van der Waals surface area contributed by atoms with E-state index in [-0.39, 0.29) is 22.7 Å². The fraction of sp³-hybridized carbons (Fsp3) is 0.500. The summed E-state index contributed by atoms with van der Waals surface area (Å²) < 4.78 is 49.0. The van der Waals surface area contributed by atoms with E-state index in [0.29, 0.717) is 23.4 Å². The van der Waals surface area contributed by atoms with Crippen LogP contribution in [0.4, 0.5) is 10.1 Å². The standard InChI is InChI=1S/C24H30FNO3S/c1-23(2,3)18-13-20-17(21(22(18)29-7)24(4,5)6)12-16-11-14-10-15(25)8-9-19(14)26(16)30(20,27)28/h8-10,13,16H,11-12H2,1-7H3. The summed E-state index contributed by atoms with van der Waals surface area (Å²) in [6.45, 7) is 12.5. The van der Waals surface area contributed by atoms with Crippen molar-refractivity contribution in [2.24, 2.45) is 0 Å². The highest BCUT2D eigenvalue weighted by molar-refractivity contribution is 7.93. The molecule has 0 radical (unpaired) electrons. The zero-order chi connectivity index (χ0) is 22.2. The molecule has 0 saturated carbocycles. The maximum Gasteiger partial charge on any atom is 0.264 e. The first-order valence-corrected chi connectivity index (χ1v) is 11.8. The molecule has 4 rings (SSSR count). The second-order valence-electron chi connectivity index (χ2n) is 10.4. The average Bonchev–Trinajstić information content (AvgIpc) is 2.96. The van der Waals surface area contributed by atoms with Crippen LogP contribution in [0, 0.1) is 5.82 Å². The minimum absolute atomic E-state index is 0.245. The second-order valence-corrected chi connectivity index (χ2v) is 12.2. The zero-order valence-corrected chi connectivity index (χ0v) is 19.6. The van der Waals surface area contributed by atoms with E-state index in [4.69, 9.17) is 4.74 Å². The highest BCUT2D eigenvalue weighted by atomic mass is 32.2. The van der Waals surface area contributed by atoms with Crippen LogP contribution in [-0.4, -0.2) is 21.6 Å². The second kappa shape index (κ2) is 6.46. The van der Waals surface area contributed by atoms with Gasteiger partial charge in [0.05, 0.1) is 23.7 Å². The van der Waals surface area contributed by atoms with Crippen molar-refractivity contribution >= 4 is 15.7 Å². The molecule has 0 fully saturated rings. The third-order valence-electron chi connectivity index (χ3n) is 6.15. The number of fused-ring (bicyclic) bond motifs is 4. The topological polar surface area (TPSA) is 46.6 Å². The van der Waals surface area contributed by atoms with Gasteiger partial charge in [0.2, 0.25) is 0 Å². The Morgan fingerprint density at radius 2 is 1.70 bits per heavy atom. The molecule has 0 aliphatic carbocycles. The summed E-state index contributed by atoms with van der Waals surface area (Å²) in [5, 5.41) is 0. The number of ether oxygens (including phenoxy) is 1. The van der Waals surface area contributed by atoms with Crippen molar-refractivity contribution in [3.05, 3.63) is 52.3 Å². The van der Waals surface area contributed by atoms with E-state index in [1.165, 1.54) is 16.4 Å². The third kappa shape index (κ3) is 3.03. The van der Waals surface area contributed by atoms with Crippen LogP contribution in [0.2, 0.25) is 0 Å². The molecule has 0 saturated heterocycles. The van der Waals surface area contributed by atoms with Gasteiger partial charge >= 0.3 is 0 Å². The van der Waals surface area contributed by atoms with Gasteiger partial charge in [0.25, 0.3) is 10.0 Å². The Bertz CT molecular complexity index is 1140. The van der Waals surface area contributed by atoms with Gasteiger partial charge in [0.15, 0.2) is 0 Å². The molecule has 2 heterocycles. The van der Waals surface area contributed by atoms with Crippen molar-refractivity contribution in [3.8, 4) is 5.75 Å². The van der Waals surface area contributed by atoms with Gasteiger partial charge in [-0.1, -0.05) is 41.5 Å². The van der Waals surface area contributed by atoms with Gasteiger partial charge in [-0.25, -0.2) is 12.8 Å². The summed E-state index contributed by atoms with van der Waals surface area (Å²) in [5.74, 6) is 0.439. The Labute approximate surface area is 179 Å². The summed E-state index contributed by atoms with van der Waals surface area (Å²) in [6.07, 6.45) is 1.09. The molecule has 0 spiro atoms. The Hall–Kier alpha value is -2.08. The van der Waals surface area contributed by atoms with Crippen LogP contribution < -0.4 is 9.04 Å². The van der Waals surface area contributed by atoms with E-state index < -0.39 is 10.0 Å². The van der Waals surface area contributed by atoms with Crippen LogP contribution in [-0.2, 0) is 33.7 Å². The van der Waals surface area contributed by atoms with Crippen molar-refractivity contribution in [1.29, 1.82) is 0 Å². The number of anilines is 1. The predicted molar refractivity (Wildman–Crippen MR) is 118 cm³/mol. The number of rotatable bonds is 1. The minimum Gasteiger partial charge on any atom is -0.496 e. The van der Waals surface area contributed by atoms with Crippen molar-refractivity contribution in [2.75, 3.05) is 11.4 Å². The maximum atomic E-state index is 13.9. The zero-order valence-electron chi connectivity index (χ0n) is 18.8. The Morgan fingerprint density at radius 1 is 1.03 bits per heavy atom. The molecule has 0 aromatic heterocycles. The van der Waals surface area contributed by atoms with E-state index in [1.54, 1.807) is 19.2 Å². The highest BCUT2D eigenvalue weighted by Gasteiger charge is 2.46. The molecular formula is C24H30FNO3S. The van der Waals surface area contributed by atoms with Crippen LogP contribution >= 0.6 is 0 Å². The first kappa shape index (κ1) is 21.2. The lowest BCUT2D eigenvalue weighted by atomic mass is 9.76. The lowest BCUT2D eigenvalue weighted by molar-refractivity contribution is 0.377. The summed E-state index contributed by atoms with van der Waals surface area (Å²) in [5.41, 5.74) is 3.42. The SMILES string of the molecule is COc1c(C(C)(C)C)cc2c(c1C(C)(C)C)CC1Cc3cc(F)ccc3N1S2(=O)=O. The van der Waals surface area contributed by atoms with Crippen LogP contribution in [0.25, 0.3) is 0 Å². The molecule has 4 nitrogen and oxygen atoms in total. The number of sulfonamides is 1. The molecule has 6 heteroatoms. The number of benzene rings is 2. The molecule has 2 aromatic rings. The third-order valence-corrected chi connectivity index (χ3v) is 8.08. The fourth-order valence-corrected chi connectivity index (χ4v) is 6.92. The average molecular weight is 432 g/mol. The van der Waals surface area contributed by atoms with Crippen molar-refractivity contribution < 1.29 is 17.5 Å². The smallest absolute Gasteiger partial charge is 0.264 e. The molecule has 0 bridgehead atoms. The summed E-state index contributed by atoms with van der Waals surface area (Å²) in [6, 6.07) is 5.94. The van der Waals surface area contributed by atoms with Gasteiger partial charge in [0, 0.05) is 11.1 Å². The number of halogens is 1. The normalized spacial score (nSPS) is 19.9. The first-order valence-electron chi connectivity index (χ1n) is 10.3. The van der Waals surface area contributed by atoms with Gasteiger partial charge in [-0.2, -0.15) is 0 Å². The van der Waals surface area contributed by atoms with E-state index >= 15 is 0 Å². The molecule has 2 aliphatic heterocycles. The van der Waals surface area contributed by atoms with Crippen molar-refractivity contribution in [3.63, 3.8) is 0 Å². The van der Waals surface area contributed by atoms with Gasteiger partial charge in [-0.3, -0.25) is 4.31 Å². The largest absolute Gasteiger partial charge is 0.496 e. The van der Waals surface area contributed by atoms with Gasteiger partial charge in [-0.15, -0.1) is 0 Å².